The molecule has 0 fully saturated rings. The van der Waals surface area contributed by atoms with E-state index in [0.717, 1.165) is 37.2 Å². The first-order valence-corrected chi connectivity index (χ1v) is 6.18. The molecule has 0 radical (unpaired) electrons. The molecule has 2 N–H and O–H groups in total. The van der Waals surface area contributed by atoms with Crippen LogP contribution in [0.15, 0.2) is 12.3 Å². The van der Waals surface area contributed by atoms with Crippen LogP contribution in [0.2, 0.25) is 0 Å². The topological polar surface area (TPSA) is 51.8 Å². The average molecular weight is 221 g/mol. The Morgan fingerprint density at radius 2 is 2.12 bits per heavy atom. The van der Waals surface area contributed by atoms with Crippen molar-refractivity contribution in [1.29, 1.82) is 0 Å². The molecule has 0 saturated carbocycles. The van der Waals surface area contributed by atoms with Crippen molar-refractivity contribution in [2.24, 2.45) is 11.7 Å². The lowest BCUT2D eigenvalue weighted by molar-refractivity contribution is 0.570. The van der Waals surface area contributed by atoms with Gasteiger partial charge in [0.05, 0.1) is 0 Å². The Bertz CT molecular complexity index is 310. The molecule has 0 amide bonds. The summed E-state index contributed by atoms with van der Waals surface area (Å²) in [6.07, 6.45) is 5.80. The normalized spacial score (nSPS) is 13.1. The highest BCUT2D eigenvalue weighted by Gasteiger charge is 2.05. The molecule has 1 aromatic heterocycles. The summed E-state index contributed by atoms with van der Waals surface area (Å²) >= 11 is 0. The predicted molar refractivity (Wildman–Crippen MR) is 67.2 cm³/mol. The smallest absolute Gasteiger partial charge is 0.128 e. The van der Waals surface area contributed by atoms with E-state index in [4.69, 9.17) is 5.73 Å². The van der Waals surface area contributed by atoms with Crippen molar-refractivity contribution < 1.29 is 0 Å². The van der Waals surface area contributed by atoms with Crippen LogP contribution in [0.1, 0.15) is 45.1 Å². The summed E-state index contributed by atoms with van der Waals surface area (Å²) in [6.45, 7) is 6.54. The van der Waals surface area contributed by atoms with E-state index in [1.807, 2.05) is 12.3 Å². The lowest BCUT2D eigenvalue weighted by Crippen LogP contribution is -2.22. The van der Waals surface area contributed by atoms with E-state index in [0.29, 0.717) is 5.92 Å². The third kappa shape index (κ3) is 4.71. The molecule has 0 aliphatic carbocycles. The fraction of sp³-hybridized carbons (Fsp3) is 0.692. The van der Waals surface area contributed by atoms with Crippen LogP contribution in [0.3, 0.4) is 0 Å². The van der Waals surface area contributed by atoms with E-state index in [9.17, 15) is 0 Å². The minimum atomic E-state index is 0.216. The maximum atomic E-state index is 5.92. The Morgan fingerprint density at radius 3 is 2.75 bits per heavy atom. The molecule has 1 heterocycles. The van der Waals surface area contributed by atoms with Crippen molar-refractivity contribution in [2.45, 2.75) is 52.5 Å². The Kier molecular flexibility index (Phi) is 5.39. The van der Waals surface area contributed by atoms with Crippen LogP contribution in [0.25, 0.3) is 0 Å². The van der Waals surface area contributed by atoms with Crippen molar-refractivity contribution in [2.75, 3.05) is 0 Å². The molecule has 0 aliphatic heterocycles. The Morgan fingerprint density at radius 1 is 1.38 bits per heavy atom. The van der Waals surface area contributed by atoms with E-state index in [2.05, 4.69) is 30.7 Å². The number of hydrogen-bond donors (Lipinski definition) is 1. The molecule has 0 spiro atoms. The highest BCUT2D eigenvalue weighted by Crippen LogP contribution is 2.07. The number of hydrogen-bond acceptors (Lipinski definition) is 3. The molecule has 90 valence electrons. The van der Waals surface area contributed by atoms with Gasteiger partial charge in [0.2, 0.25) is 0 Å². The molecule has 1 unspecified atom stereocenters. The van der Waals surface area contributed by atoms with E-state index >= 15 is 0 Å². The van der Waals surface area contributed by atoms with Crippen molar-refractivity contribution in [3.63, 3.8) is 0 Å². The second kappa shape index (κ2) is 6.59. The molecular weight excluding hydrogens is 198 g/mol. The van der Waals surface area contributed by atoms with E-state index in [1.54, 1.807) is 0 Å². The minimum absolute atomic E-state index is 0.216. The third-order valence-electron chi connectivity index (χ3n) is 2.70. The molecular formula is C13H23N3. The van der Waals surface area contributed by atoms with Crippen LogP contribution in [-0.4, -0.2) is 16.0 Å². The van der Waals surface area contributed by atoms with Crippen LogP contribution in [0.5, 0.6) is 0 Å². The van der Waals surface area contributed by atoms with Gasteiger partial charge in [-0.15, -0.1) is 0 Å². The summed E-state index contributed by atoms with van der Waals surface area (Å²) in [5.74, 6) is 1.65. The number of aryl methyl sites for hydroxylation is 1. The first-order valence-electron chi connectivity index (χ1n) is 6.18. The van der Waals surface area contributed by atoms with Gasteiger partial charge in [0.1, 0.15) is 5.82 Å². The maximum absolute atomic E-state index is 5.92. The Labute approximate surface area is 98.5 Å². The van der Waals surface area contributed by atoms with Gasteiger partial charge < -0.3 is 5.73 Å². The standard InChI is InChI=1S/C13H23N3/c1-4-11(14)9-12-7-8-15-13(16-12)6-5-10(2)3/h7-8,10-11H,4-6,9,14H2,1-3H3. The molecule has 0 saturated heterocycles. The van der Waals surface area contributed by atoms with Gasteiger partial charge in [-0.25, -0.2) is 9.97 Å². The summed E-state index contributed by atoms with van der Waals surface area (Å²) in [5.41, 5.74) is 6.99. The van der Waals surface area contributed by atoms with Gasteiger partial charge in [-0.2, -0.15) is 0 Å². The summed E-state index contributed by atoms with van der Waals surface area (Å²) in [4.78, 5) is 8.83. The van der Waals surface area contributed by atoms with Gasteiger partial charge in [0.25, 0.3) is 0 Å². The lowest BCUT2D eigenvalue weighted by Gasteiger charge is -2.09. The first kappa shape index (κ1) is 13.1. The molecule has 0 bridgehead atoms. The zero-order valence-corrected chi connectivity index (χ0v) is 10.6. The van der Waals surface area contributed by atoms with Crippen molar-refractivity contribution >= 4 is 0 Å². The third-order valence-corrected chi connectivity index (χ3v) is 2.70. The predicted octanol–water partition coefficient (Wildman–Crippen LogP) is 2.35. The highest BCUT2D eigenvalue weighted by molar-refractivity contribution is 5.04. The zero-order chi connectivity index (χ0) is 12.0. The zero-order valence-electron chi connectivity index (χ0n) is 10.6. The fourth-order valence-electron chi connectivity index (χ4n) is 1.51. The Balaban J connectivity index is 2.56. The number of rotatable bonds is 6. The van der Waals surface area contributed by atoms with Gasteiger partial charge in [-0.1, -0.05) is 20.8 Å². The molecule has 16 heavy (non-hydrogen) atoms. The molecule has 0 aliphatic rings. The minimum Gasteiger partial charge on any atom is -0.327 e. The van der Waals surface area contributed by atoms with Gasteiger partial charge in [0, 0.05) is 30.8 Å². The lowest BCUT2D eigenvalue weighted by atomic mass is 10.1. The summed E-state index contributed by atoms with van der Waals surface area (Å²) in [7, 11) is 0. The largest absolute Gasteiger partial charge is 0.327 e. The van der Waals surface area contributed by atoms with E-state index in [-0.39, 0.29) is 6.04 Å². The van der Waals surface area contributed by atoms with Crippen molar-refractivity contribution in [1.82, 2.24) is 9.97 Å². The molecule has 1 rings (SSSR count). The first-order chi connectivity index (χ1) is 7.61. The van der Waals surface area contributed by atoms with Gasteiger partial charge >= 0.3 is 0 Å². The average Bonchev–Trinajstić information content (AvgIpc) is 2.26. The second-order valence-corrected chi connectivity index (χ2v) is 4.77. The fourth-order valence-corrected chi connectivity index (χ4v) is 1.51. The van der Waals surface area contributed by atoms with Gasteiger partial charge in [-0.3, -0.25) is 0 Å². The molecule has 3 heteroatoms. The molecule has 3 nitrogen and oxygen atoms in total. The monoisotopic (exact) mass is 221 g/mol. The van der Waals surface area contributed by atoms with Crippen LogP contribution in [-0.2, 0) is 12.8 Å². The van der Waals surface area contributed by atoms with Crippen molar-refractivity contribution in [3.05, 3.63) is 23.8 Å². The van der Waals surface area contributed by atoms with Crippen LogP contribution in [0, 0.1) is 5.92 Å². The highest BCUT2D eigenvalue weighted by atomic mass is 14.9. The SMILES string of the molecule is CCC(N)Cc1ccnc(CCC(C)C)n1. The van der Waals surface area contributed by atoms with Gasteiger partial charge in [-0.05, 0) is 24.8 Å². The van der Waals surface area contributed by atoms with Crippen molar-refractivity contribution in [3.8, 4) is 0 Å². The number of nitrogens with two attached hydrogens (primary N) is 1. The number of nitrogens with zero attached hydrogens (tertiary/aromatic N) is 2. The van der Waals surface area contributed by atoms with Crippen LogP contribution < -0.4 is 5.73 Å². The quantitative estimate of drug-likeness (QED) is 0.802. The Hall–Kier alpha value is -0.960. The van der Waals surface area contributed by atoms with E-state index in [1.165, 1.54) is 0 Å². The van der Waals surface area contributed by atoms with Crippen LogP contribution in [0.4, 0.5) is 0 Å². The summed E-state index contributed by atoms with van der Waals surface area (Å²) in [5, 5.41) is 0. The number of aromatic nitrogens is 2. The molecule has 1 atom stereocenters. The van der Waals surface area contributed by atoms with E-state index < -0.39 is 0 Å². The second-order valence-electron chi connectivity index (χ2n) is 4.77. The summed E-state index contributed by atoms with van der Waals surface area (Å²) < 4.78 is 0. The van der Waals surface area contributed by atoms with Gasteiger partial charge in [0.15, 0.2) is 0 Å². The van der Waals surface area contributed by atoms with Crippen LogP contribution >= 0.6 is 0 Å². The molecule has 1 aromatic rings. The maximum Gasteiger partial charge on any atom is 0.128 e. The summed E-state index contributed by atoms with van der Waals surface area (Å²) in [6, 6.07) is 2.18. The molecule has 0 aromatic carbocycles.